The van der Waals surface area contributed by atoms with E-state index in [1.807, 2.05) is 17.0 Å². The zero-order valence-electron chi connectivity index (χ0n) is 15.1. The number of nitrogens with zero attached hydrogens (tertiary/aromatic N) is 1. The maximum atomic E-state index is 12.8. The molecular formula is C21H21NO5. The van der Waals surface area contributed by atoms with E-state index in [1.54, 1.807) is 30.3 Å². The number of carbonyl (C=O) groups is 2. The lowest BCUT2D eigenvalue weighted by Crippen LogP contribution is -2.37. The molecule has 2 aromatic rings. The first-order chi connectivity index (χ1) is 13.2. The SMILES string of the molecule is COC(=O)c1ccc(C2CCN(C(=O)c3ccc4c(c3)OCO4)CC2)cc1. The molecular weight excluding hydrogens is 346 g/mol. The van der Waals surface area contributed by atoms with Gasteiger partial charge in [-0.1, -0.05) is 12.1 Å². The monoisotopic (exact) mass is 367 g/mol. The number of fused-ring (bicyclic) bond motifs is 1. The van der Waals surface area contributed by atoms with Gasteiger partial charge in [0.15, 0.2) is 11.5 Å². The van der Waals surface area contributed by atoms with Crippen LogP contribution in [0.25, 0.3) is 0 Å². The second-order valence-corrected chi connectivity index (χ2v) is 6.75. The van der Waals surface area contributed by atoms with Crippen molar-refractivity contribution in [3.8, 4) is 11.5 Å². The largest absolute Gasteiger partial charge is 0.465 e. The summed E-state index contributed by atoms with van der Waals surface area (Å²) < 4.78 is 15.4. The van der Waals surface area contributed by atoms with Gasteiger partial charge in [-0.15, -0.1) is 0 Å². The zero-order chi connectivity index (χ0) is 18.8. The smallest absolute Gasteiger partial charge is 0.337 e. The second-order valence-electron chi connectivity index (χ2n) is 6.75. The summed E-state index contributed by atoms with van der Waals surface area (Å²) in [4.78, 5) is 26.2. The number of esters is 1. The van der Waals surface area contributed by atoms with Crippen LogP contribution in [0.2, 0.25) is 0 Å². The van der Waals surface area contributed by atoms with Crippen LogP contribution in [0.15, 0.2) is 42.5 Å². The average Bonchev–Trinajstić information content (AvgIpc) is 3.21. The minimum atomic E-state index is -0.328. The van der Waals surface area contributed by atoms with Crippen molar-refractivity contribution in [2.45, 2.75) is 18.8 Å². The number of ether oxygens (including phenoxy) is 3. The highest BCUT2D eigenvalue weighted by molar-refractivity contribution is 5.95. The van der Waals surface area contributed by atoms with E-state index in [9.17, 15) is 9.59 Å². The van der Waals surface area contributed by atoms with Crippen molar-refractivity contribution in [1.82, 2.24) is 4.90 Å². The van der Waals surface area contributed by atoms with E-state index in [-0.39, 0.29) is 18.7 Å². The fourth-order valence-electron chi connectivity index (χ4n) is 3.64. The molecule has 2 aromatic carbocycles. The van der Waals surface area contributed by atoms with E-state index in [4.69, 9.17) is 14.2 Å². The van der Waals surface area contributed by atoms with E-state index in [2.05, 4.69) is 0 Å². The molecule has 0 bridgehead atoms. The Morgan fingerprint density at radius 3 is 2.33 bits per heavy atom. The number of hydrogen-bond donors (Lipinski definition) is 0. The Kier molecular flexibility index (Phi) is 4.71. The van der Waals surface area contributed by atoms with Crippen molar-refractivity contribution in [1.29, 1.82) is 0 Å². The molecule has 140 valence electrons. The summed E-state index contributed by atoms with van der Waals surface area (Å²) in [6, 6.07) is 12.9. The van der Waals surface area contributed by atoms with Crippen molar-refractivity contribution >= 4 is 11.9 Å². The molecule has 0 aromatic heterocycles. The Balaban J connectivity index is 1.38. The van der Waals surface area contributed by atoms with Gasteiger partial charge < -0.3 is 19.1 Å². The Morgan fingerprint density at radius 1 is 0.963 bits per heavy atom. The molecule has 0 spiro atoms. The third kappa shape index (κ3) is 3.47. The molecule has 0 saturated carbocycles. The van der Waals surface area contributed by atoms with Crippen LogP contribution in [-0.2, 0) is 4.74 Å². The first-order valence-corrected chi connectivity index (χ1v) is 9.03. The van der Waals surface area contributed by atoms with Gasteiger partial charge >= 0.3 is 5.97 Å². The van der Waals surface area contributed by atoms with Crippen LogP contribution >= 0.6 is 0 Å². The van der Waals surface area contributed by atoms with Crippen molar-refractivity contribution in [3.63, 3.8) is 0 Å². The molecule has 2 heterocycles. The third-order valence-electron chi connectivity index (χ3n) is 5.20. The molecule has 2 aliphatic rings. The van der Waals surface area contributed by atoms with Gasteiger partial charge in [0.25, 0.3) is 5.91 Å². The van der Waals surface area contributed by atoms with E-state index in [1.165, 1.54) is 12.7 Å². The quantitative estimate of drug-likeness (QED) is 0.780. The Bertz CT molecular complexity index is 853. The molecule has 0 aliphatic carbocycles. The van der Waals surface area contributed by atoms with Gasteiger partial charge in [0, 0.05) is 18.7 Å². The number of carbonyl (C=O) groups excluding carboxylic acids is 2. The van der Waals surface area contributed by atoms with Gasteiger partial charge in [-0.2, -0.15) is 0 Å². The van der Waals surface area contributed by atoms with Crippen LogP contribution in [0.3, 0.4) is 0 Å². The summed E-state index contributed by atoms with van der Waals surface area (Å²) in [5.74, 6) is 1.39. The van der Waals surface area contributed by atoms with Gasteiger partial charge in [-0.3, -0.25) is 4.79 Å². The zero-order valence-corrected chi connectivity index (χ0v) is 15.1. The van der Waals surface area contributed by atoms with Gasteiger partial charge in [-0.05, 0) is 54.7 Å². The molecule has 27 heavy (non-hydrogen) atoms. The van der Waals surface area contributed by atoms with Crippen LogP contribution < -0.4 is 9.47 Å². The molecule has 0 radical (unpaired) electrons. The first-order valence-electron chi connectivity index (χ1n) is 9.03. The molecule has 4 rings (SSSR count). The Morgan fingerprint density at radius 2 is 1.63 bits per heavy atom. The van der Waals surface area contributed by atoms with Crippen LogP contribution in [-0.4, -0.2) is 43.8 Å². The molecule has 6 heteroatoms. The summed E-state index contributed by atoms with van der Waals surface area (Å²) in [6.45, 7) is 1.61. The van der Waals surface area contributed by atoms with Crippen molar-refractivity contribution in [3.05, 3.63) is 59.2 Å². The maximum absolute atomic E-state index is 12.8. The lowest BCUT2D eigenvalue weighted by molar-refractivity contribution is 0.0600. The summed E-state index contributed by atoms with van der Waals surface area (Å²) in [5, 5.41) is 0. The predicted octanol–water partition coefficient (Wildman–Crippen LogP) is 3.22. The number of piperidine rings is 1. The molecule has 1 saturated heterocycles. The standard InChI is InChI=1S/C21H21NO5/c1-25-21(24)16-4-2-14(3-5-16)15-8-10-22(11-9-15)20(23)17-6-7-18-19(12-17)27-13-26-18/h2-7,12,15H,8-11,13H2,1H3. The molecule has 0 N–H and O–H groups in total. The first kappa shape index (κ1) is 17.4. The summed E-state index contributed by atoms with van der Waals surface area (Å²) >= 11 is 0. The van der Waals surface area contributed by atoms with Crippen molar-refractivity contribution < 1.29 is 23.8 Å². The topological polar surface area (TPSA) is 65.1 Å². The molecule has 0 atom stereocenters. The van der Waals surface area contributed by atoms with Crippen LogP contribution in [0, 0.1) is 0 Å². The highest BCUT2D eigenvalue weighted by Gasteiger charge is 2.26. The predicted molar refractivity (Wildman–Crippen MR) is 98.2 cm³/mol. The van der Waals surface area contributed by atoms with Gasteiger partial charge in [0.1, 0.15) is 0 Å². The van der Waals surface area contributed by atoms with E-state index >= 15 is 0 Å². The lowest BCUT2D eigenvalue weighted by Gasteiger charge is -2.32. The molecule has 1 amide bonds. The normalized spacial score (nSPS) is 16.3. The van der Waals surface area contributed by atoms with Crippen molar-refractivity contribution in [2.75, 3.05) is 27.0 Å². The second kappa shape index (κ2) is 7.31. The van der Waals surface area contributed by atoms with Crippen LogP contribution in [0.5, 0.6) is 11.5 Å². The van der Waals surface area contributed by atoms with E-state index in [0.717, 1.165) is 12.8 Å². The average molecular weight is 367 g/mol. The number of rotatable bonds is 3. The minimum Gasteiger partial charge on any atom is -0.465 e. The summed E-state index contributed by atoms with van der Waals surface area (Å²) in [6.07, 6.45) is 1.79. The van der Waals surface area contributed by atoms with Gasteiger partial charge in [0.05, 0.1) is 12.7 Å². The number of likely N-dealkylation sites (tertiary alicyclic amines) is 1. The Hall–Kier alpha value is -3.02. The fourth-order valence-corrected chi connectivity index (χ4v) is 3.64. The van der Waals surface area contributed by atoms with Crippen LogP contribution in [0.4, 0.5) is 0 Å². The Labute approximate surface area is 157 Å². The van der Waals surface area contributed by atoms with Crippen molar-refractivity contribution in [2.24, 2.45) is 0 Å². The lowest BCUT2D eigenvalue weighted by atomic mass is 9.89. The molecule has 0 unspecified atom stereocenters. The fraction of sp³-hybridized carbons (Fsp3) is 0.333. The van der Waals surface area contributed by atoms with Gasteiger partial charge in [0.2, 0.25) is 6.79 Å². The summed E-state index contributed by atoms with van der Waals surface area (Å²) in [5.41, 5.74) is 2.37. The van der Waals surface area contributed by atoms with Crippen LogP contribution in [0.1, 0.15) is 45.0 Å². The number of benzene rings is 2. The maximum Gasteiger partial charge on any atom is 0.337 e. The van der Waals surface area contributed by atoms with Gasteiger partial charge in [-0.25, -0.2) is 4.79 Å². The van der Waals surface area contributed by atoms with E-state index < -0.39 is 0 Å². The number of methoxy groups -OCH3 is 1. The number of hydrogen-bond acceptors (Lipinski definition) is 5. The molecule has 1 fully saturated rings. The molecule has 2 aliphatic heterocycles. The van der Waals surface area contributed by atoms with E-state index in [0.29, 0.717) is 41.6 Å². The number of amides is 1. The highest BCUT2D eigenvalue weighted by atomic mass is 16.7. The molecule has 6 nitrogen and oxygen atoms in total. The summed E-state index contributed by atoms with van der Waals surface area (Å²) in [7, 11) is 1.38. The highest BCUT2D eigenvalue weighted by Crippen LogP contribution is 2.34. The third-order valence-corrected chi connectivity index (χ3v) is 5.20. The minimum absolute atomic E-state index is 0.0211.